The summed E-state index contributed by atoms with van der Waals surface area (Å²) in [7, 11) is 1.85. The lowest BCUT2D eigenvalue weighted by molar-refractivity contribution is -0.124. The van der Waals surface area contributed by atoms with Crippen LogP contribution in [0.15, 0.2) is 10.9 Å². The SMILES string of the molecule is CNCC(C)C(=O)NCCc1cscn1.Cl.Cl. The molecule has 0 fully saturated rings. The highest BCUT2D eigenvalue weighted by Crippen LogP contribution is 2.00. The lowest BCUT2D eigenvalue weighted by atomic mass is 10.1. The summed E-state index contributed by atoms with van der Waals surface area (Å²) in [4.78, 5) is 15.6. The number of rotatable bonds is 6. The largest absolute Gasteiger partial charge is 0.355 e. The first-order chi connectivity index (χ1) is 7.24. The number of nitrogens with zero attached hydrogens (tertiary/aromatic N) is 1. The Kier molecular flexibility index (Phi) is 12.0. The molecule has 7 heteroatoms. The Morgan fingerprint density at radius 1 is 1.53 bits per heavy atom. The summed E-state index contributed by atoms with van der Waals surface area (Å²) in [6, 6.07) is 0. The van der Waals surface area contributed by atoms with Gasteiger partial charge in [0, 0.05) is 30.8 Å². The minimum atomic E-state index is 0. The fourth-order valence-electron chi connectivity index (χ4n) is 1.25. The van der Waals surface area contributed by atoms with Crippen LogP contribution in [-0.2, 0) is 11.2 Å². The molecule has 1 aromatic rings. The monoisotopic (exact) mass is 299 g/mol. The van der Waals surface area contributed by atoms with Crippen molar-refractivity contribution in [2.45, 2.75) is 13.3 Å². The summed E-state index contributed by atoms with van der Waals surface area (Å²) in [5, 5.41) is 7.88. The molecule has 0 spiro atoms. The highest BCUT2D eigenvalue weighted by molar-refractivity contribution is 7.07. The highest BCUT2D eigenvalue weighted by atomic mass is 35.5. The Hall–Kier alpha value is -0.360. The molecular formula is C10H19Cl2N3OS. The minimum Gasteiger partial charge on any atom is -0.355 e. The molecule has 0 saturated heterocycles. The van der Waals surface area contributed by atoms with Crippen LogP contribution in [0.5, 0.6) is 0 Å². The van der Waals surface area contributed by atoms with E-state index in [0.29, 0.717) is 13.1 Å². The van der Waals surface area contributed by atoms with Gasteiger partial charge in [0.15, 0.2) is 0 Å². The van der Waals surface area contributed by atoms with E-state index in [9.17, 15) is 4.79 Å². The molecule has 100 valence electrons. The molecule has 1 rings (SSSR count). The summed E-state index contributed by atoms with van der Waals surface area (Å²) in [6.45, 7) is 3.29. The van der Waals surface area contributed by atoms with Crippen LogP contribution in [0, 0.1) is 5.92 Å². The molecule has 1 heterocycles. The molecule has 0 aliphatic heterocycles. The first kappa shape index (κ1) is 19.0. The van der Waals surface area contributed by atoms with Gasteiger partial charge in [-0.15, -0.1) is 36.2 Å². The maximum absolute atomic E-state index is 11.5. The van der Waals surface area contributed by atoms with Crippen LogP contribution in [0.1, 0.15) is 12.6 Å². The number of aromatic nitrogens is 1. The van der Waals surface area contributed by atoms with E-state index < -0.39 is 0 Å². The molecule has 0 aliphatic carbocycles. The number of hydrogen-bond acceptors (Lipinski definition) is 4. The number of amides is 1. The molecule has 1 atom stereocenters. The lowest BCUT2D eigenvalue weighted by Gasteiger charge is -2.10. The van der Waals surface area contributed by atoms with Crippen molar-refractivity contribution in [1.29, 1.82) is 0 Å². The summed E-state index contributed by atoms with van der Waals surface area (Å²) in [6.07, 6.45) is 0.807. The van der Waals surface area contributed by atoms with E-state index >= 15 is 0 Å². The van der Waals surface area contributed by atoms with Gasteiger partial charge in [0.05, 0.1) is 11.2 Å². The van der Waals surface area contributed by atoms with E-state index in [1.807, 2.05) is 19.4 Å². The van der Waals surface area contributed by atoms with Crippen LogP contribution in [0.2, 0.25) is 0 Å². The zero-order chi connectivity index (χ0) is 11.1. The van der Waals surface area contributed by atoms with E-state index in [1.54, 1.807) is 16.8 Å². The van der Waals surface area contributed by atoms with Gasteiger partial charge in [-0.25, -0.2) is 4.98 Å². The molecule has 0 bridgehead atoms. The number of hydrogen-bond donors (Lipinski definition) is 2. The van der Waals surface area contributed by atoms with Gasteiger partial charge in [-0.1, -0.05) is 6.92 Å². The van der Waals surface area contributed by atoms with Gasteiger partial charge in [0.2, 0.25) is 5.91 Å². The van der Waals surface area contributed by atoms with Gasteiger partial charge in [-0.3, -0.25) is 4.79 Å². The van der Waals surface area contributed by atoms with E-state index in [4.69, 9.17) is 0 Å². The second-order valence-corrected chi connectivity index (χ2v) is 4.20. The van der Waals surface area contributed by atoms with Crippen molar-refractivity contribution in [1.82, 2.24) is 15.6 Å². The van der Waals surface area contributed by atoms with Gasteiger partial charge >= 0.3 is 0 Å². The number of carbonyl (C=O) groups is 1. The first-order valence-corrected chi connectivity index (χ1v) is 5.97. The van der Waals surface area contributed by atoms with Crippen molar-refractivity contribution < 1.29 is 4.79 Å². The molecule has 2 N–H and O–H groups in total. The fourth-order valence-corrected chi connectivity index (χ4v) is 1.84. The molecule has 0 saturated carbocycles. The van der Waals surface area contributed by atoms with E-state index in [0.717, 1.165) is 12.1 Å². The van der Waals surface area contributed by atoms with Crippen LogP contribution in [-0.4, -0.2) is 31.0 Å². The maximum Gasteiger partial charge on any atom is 0.224 e. The Morgan fingerprint density at radius 2 is 2.24 bits per heavy atom. The van der Waals surface area contributed by atoms with Crippen molar-refractivity contribution in [3.63, 3.8) is 0 Å². The predicted octanol–water partition coefficient (Wildman–Crippen LogP) is 1.50. The molecule has 0 aromatic carbocycles. The molecule has 17 heavy (non-hydrogen) atoms. The van der Waals surface area contributed by atoms with Gasteiger partial charge in [-0.05, 0) is 7.05 Å². The average Bonchev–Trinajstić information content (AvgIpc) is 2.71. The molecule has 1 unspecified atom stereocenters. The van der Waals surface area contributed by atoms with Crippen molar-refractivity contribution >= 4 is 42.1 Å². The van der Waals surface area contributed by atoms with Crippen molar-refractivity contribution in [2.24, 2.45) is 5.92 Å². The number of carbonyl (C=O) groups excluding carboxylic acids is 1. The lowest BCUT2D eigenvalue weighted by Crippen LogP contribution is -2.35. The third-order valence-corrected chi connectivity index (χ3v) is 2.76. The van der Waals surface area contributed by atoms with Crippen molar-refractivity contribution in [2.75, 3.05) is 20.1 Å². The Labute approximate surface area is 118 Å². The average molecular weight is 300 g/mol. The topological polar surface area (TPSA) is 54.0 Å². The number of nitrogens with one attached hydrogen (secondary N) is 2. The fraction of sp³-hybridized carbons (Fsp3) is 0.600. The Bertz CT molecular complexity index is 296. The van der Waals surface area contributed by atoms with Gasteiger partial charge < -0.3 is 10.6 Å². The van der Waals surface area contributed by atoms with Gasteiger partial charge in [0.1, 0.15) is 0 Å². The van der Waals surface area contributed by atoms with Crippen LogP contribution < -0.4 is 10.6 Å². The van der Waals surface area contributed by atoms with Crippen molar-refractivity contribution in [3.8, 4) is 0 Å². The first-order valence-electron chi connectivity index (χ1n) is 5.03. The quantitative estimate of drug-likeness (QED) is 0.837. The van der Waals surface area contributed by atoms with E-state index in [2.05, 4.69) is 15.6 Å². The molecule has 1 aromatic heterocycles. The van der Waals surface area contributed by atoms with Crippen molar-refractivity contribution in [3.05, 3.63) is 16.6 Å². The summed E-state index contributed by atoms with van der Waals surface area (Å²) in [5.41, 5.74) is 2.85. The second kappa shape index (κ2) is 10.8. The molecule has 1 amide bonds. The maximum atomic E-state index is 11.5. The molecule has 0 radical (unpaired) electrons. The summed E-state index contributed by atoms with van der Waals surface area (Å²) < 4.78 is 0. The van der Waals surface area contributed by atoms with Crippen LogP contribution in [0.3, 0.4) is 0 Å². The third-order valence-electron chi connectivity index (χ3n) is 2.12. The standard InChI is InChI=1S/C10H17N3OS.2ClH/c1-8(5-11-2)10(14)12-4-3-9-6-15-7-13-9;;/h6-8,11H,3-5H2,1-2H3,(H,12,14);2*1H. The van der Waals surface area contributed by atoms with Crippen LogP contribution in [0.25, 0.3) is 0 Å². The minimum absolute atomic E-state index is 0. The van der Waals surface area contributed by atoms with E-state index in [1.165, 1.54) is 0 Å². The normalized spacial score (nSPS) is 10.9. The van der Waals surface area contributed by atoms with Crippen LogP contribution >= 0.6 is 36.2 Å². The molecule has 4 nitrogen and oxygen atoms in total. The zero-order valence-electron chi connectivity index (χ0n) is 9.93. The molecular weight excluding hydrogens is 281 g/mol. The summed E-state index contributed by atoms with van der Waals surface area (Å²) >= 11 is 1.58. The molecule has 0 aliphatic rings. The number of halogens is 2. The number of thiazole rings is 1. The third kappa shape index (κ3) is 7.54. The second-order valence-electron chi connectivity index (χ2n) is 3.48. The zero-order valence-corrected chi connectivity index (χ0v) is 12.4. The summed E-state index contributed by atoms with van der Waals surface area (Å²) in [5.74, 6) is 0.116. The highest BCUT2D eigenvalue weighted by Gasteiger charge is 2.10. The Balaban J connectivity index is 0. The predicted molar refractivity (Wildman–Crippen MR) is 76.4 cm³/mol. The Morgan fingerprint density at radius 3 is 2.76 bits per heavy atom. The van der Waals surface area contributed by atoms with Gasteiger partial charge in [-0.2, -0.15) is 0 Å². The van der Waals surface area contributed by atoms with Crippen LogP contribution in [0.4, 0.5) is 0 Å². The van der Waals surface area contributed by atoms with E-state index in [-0.39, 0.29) is 36.6 Å². The van der Waals surface area contributed by atoms with Gasteiger partial charge in [0.25, 0.3) is 0 Å². The smallest absolute Gasteiger partial charge is 0.224 e.